The Kier molecular flexibility index (Phi) is 3.81. The van der Waals surface area contributed by atoms with E-state index >= 15 is 0 Å². The second kappa shape index (κ2) is 4.90. The van der Waals surface area contributed by atoms with Crippen LogP contribution in [0.1, 0.15) is 21.3 Å². The number of rotatable bonds is 3. The fourth-order valence-corrected chi connectivity index (χ4v) is 1.94. The van der Waals surface area contributed by atoms with Crippen LogP contribution in [-0.2, 0) is 14.3 Å². The number of carbonyl (C=O) groups excluding carboxylic acids is 2. The second-order valence-electron chi connectivity index (χ2n) is 2.70. The van der Waals surface area contributed by atoms with E-state index in [1.165, 1.54) is 25.6 Å². The van der Waals surface area contributed by atoms with Crippen molar-refractivity contribution in [3.63, 3.8) is 0 Å². The van der Waals surface area contributed by atoms with Gasteiger partial charge in [-0.05, 0) is 11.4 Å². The largest absolute Gasteiger partial charge is 0.468 e. The third-order valence-corrected chi connectivity index (χ3v) is 2.77. The van der Waals surface area contributed by atoms with Crippen molar-refractivity contribution in [2.75, 3.05) is 14.2 Å². The van der Waals surface area contributed by atoms with Crippen LogP contribution in [0.15, 0.2) is 11.4 Å². The van der Waals surface area contributed by atoms with Crippen molar-refractivity contribution in [1.29, 1.82) is 0 Å². The number of thiophene rings is 1. The standard InChI is InChI=1S/C9H11NO4S/c1-13-8(11)6(10)5-3-4-15-7(5)9(12)14-2/h3-4,6H,10H2,1-2H3. The molecule has 0 saturated heterocycles. The van der Waals surface area contributed by atoms with Gasteiger partial charge in [-0.3, -0.25) is 4.79 Å². The first-order chi connectivity index (χ1) is 7.11. The molecule has 82 valence electrons. The summed E-state index contributed by atoms with van der Waals surface area (Å²) in [7, 11) is 2.52. The minimum atomic E-state index is -0.949. The maximum atomic E-state index is 11.3. The molecule has 1 aromatic rings. The summed E-state index contributed by atoms with van der Waals surface area (Å²) in [5, 5.41) is 1.67. The van der Waals surface area contributed by atoms with Crippen LogP contribution in [0.4, 0.5) is 0 Å². The summed E-state index contributed by atoms with van der Waals surface area (Å²) in [6.07, 6.45) is 0. The van der Waals surface area contributed by atoms with Crippen LogP contribution in [0.3, 0.4) is 0 Å². The quantitative estimate of drug-likeness (QED) is 0.772. The van der Waals surface area contributed by atoms with Gasteiger partial charge in [0.15, 0.2) is 0 Å². The number of hydrogen-bond donors (Lipinski definition) is 1. The van der Waals surface area contributed by atoms with Gasteiger partial charge in [0, 0.05) is 5.56 Å². The third kappa shape index (κ3) is 2.34. The Labute approximate surface area is 90.8 Å². The summed E-state index contributed by atoms with van der Waals surface area (Å²) in [5.41, 5.74) is 6.04. The van der Waals surface area contributed by atoms with Crippen LogP contribution in [0.2, 0.25) is 0 Å². The average molecular weight is 229 g/mol. The van der Waals surface area contributed by atoms with Crippen LogP contribution >= 0.6 is 11.3 Å². The molecule has 1 unspecified atom stereocenters. The molecule has 0 radical (unpaired) electrons. The number of hydrogen-bond acceptors (Lipinski definition) is 6. The second-order valence-corrected chi connectivity index (χ2v) is 3.61. The van der Waals surface area contributed by atoms with Crippen LogP contribution in [0.5, 0.6) is 0 Å². The van der Waals surface area contributed by atoms with E-state index in [1.807, 2.05) is 0 Å². The van der Waals surface area contributed by atoms with Crippen molar-refractivity contribution in [2.45, 2.75) is 6.04 Å². The highest BCUT2D eigenvalue weighted by atomic mass is 32.1. The monoisotopic (exact) mass is 229 g/mol. The molecule has 0 aliphatic rings. The lowest BCUT2D eigenvalue weighted by Crippen LogP contribution is -2.23. The van der Waals surface area contributed by atoms with E-state index in [1.54, 1.807) is 11.4 Å². The van der Waals surface area contributed by atoms with E-state index in [4.69, 9.17) is 5.73 Å². The normalized spacial score (nSPS) is 11.9. The van der Waals surface area contributed by atoms with E-state index in [0.717, 1.165) is 0 Å². The molecule has 15 heavy (non-hydrogen) atoms. The Morgan fingerprint density at radius 3 is 2.60 bits per heavy atom. The van der Waals surface area contributed by atoms with E-state index < -0.39 is 18.0 Å². The molecule has 1 rings (SSSR count). The fraction of sp³-hybridized carbons (Fsp3) is 0.333. The molecule has 0 spiro atoms. The van der Waals surface area contributed by atoms with Gasteiger partial charge >= 0.3 is 11.9 Å². The van der Waals surface area contributed by atoms with Gasteiger partial charge in [-0.2, -0.15) is 0 Å². The Morgan fingerprint density at radius 2 is 2.07 bits per heavy atom. The molecule has 5 nitrogen and oxygen atoms in total. The van der Waals surface area contributed by atoms with Crippen LogP contribution < -0.4 is 5.73 Å². The lowest BCUT2D eigenvalue weighted by Gasteiger charge is -2.08. The lowest BCUT2D eigenvalue weighted by atomic mass is 10.1. The molecule has 2 N–H and O–H groups in total. The van der Waals surface area contributed by atoms with Crippen molar-refractivity contribution in [3.8, 4) is 0 Å². The summed E-state index contributed by atoms with van der Waals surface area (Å²) < 4.78 is 9.06. The smallest absolute Gasteiger partial charge is 0.348 e. The fourth-order valence-electron chi connectivity index (χ4n) is 1.08. The third-order valence-electron chi connectivity index (χ3n) is 1.86. The molecule has 0 aliphatic carbocycles. The van der Waals surface area contributed by atoms with Crippen molar-refractivity contribution in [1.82, 2.24) is 0 Å². The van der Waals surface area contributed by atoms with E-state index in [2.05, 4.69) is 9.47 Å². The molecule has 0 aliphatic heterocycles. The zero-order valence-electron chi connectivity index (χ0n) is 8.35. The topological polar surface area (TPSA) is 78.6 Å². The van der Waals surface area contributed by atoms with Gasteiger partial charge in [0.25, 0.3) is 0 Å². The predicted molar refractivity (Wildman–Crippen MR) is 54.6 cm³/mol. The van der Waals surface area contributed by atoms with Crippen molar-refractivity contribution >= 4 is 23.3 Å². The molecule has 6 heteroatoms. The Hall–Kier alpha value is -1.40. The van der Waals surface area contributed by atoms with Gasteiger partial charge < -0.3 is 15.2 Å². The van der Waals surface area contributed by atoms with E-state index in [9.17, 15) is 9.59 Å². The highest BCUT2D eigenvalue weighted by Crippen LogP contribution is 2.23. The molecule has 0 fully saturated rings. The maximum Gasteiger partial charge on any atom is 0.348 e. The first kappa shape index (κ1) is 11.7. The van der Waals surface area contributed by atoms with Crippen molar-refractivity contribution in [3.05, 3.63) is 21.9 Å². The highest BCUT2D eigenvalue weighted by molar-refractivity contribution is 7.12. The lowest BCUT2D eigenvalue weighted by molar-refractivity contribution is -0.142. The van der Waals surface area contributed by atoms with Gasteiger partial charge in [0.1, 0.15) is 10.9 Å². The number of nitrogens with two attached hydrogens (primary N) is 1. The van der Waals surface area contributed by atoms with Gasteiger partial charge in [-0.25, -0.2) is 4.79 Å². The average Bonchev–Trinajstić information content (AvgIpc) is 2.74. The highest BCUT2D eigenvalue weighted by Gasteiger charge is 2.24. The summed E-state index contributed by atoms with van der Waals surface area (Å²) in [4.78, 5) is 22.8. The van der Waals surface area contributed by atoms with Gasteiger partial charge in [0.2, 0.25) is 0 Å². The SMILES string of the molecule is COC(=O)c1sccc1C(N)C(=O)OC. The summed E-state index contributed by atoms with van der Waals surface area (Å²) in [5.74, 6) is -1.09. The van der Waals surface area contributed by atoms with E-state index in [0.29, 0.717) is 10.4 Å². The van der Waals surface area contributed by atoms with Crippen LogP contribution in [0.25, 0.3) is 0 Å². The van der Waals surface area contributed by atoms with Gasteiger partial charge in [-0.15, -0.1) is 11.3 Å². The number of carbonyl (C=O) groups is 2. The predicted octanol–water partition coefficient (Wildman–Crippen LogP) is 0.708. The molecule has 0 amide bonds. The molecule has 1 aromatic heterocycles. The molecular formula is C9H11NO4S. The van der Waals surface area contributed by atoms with E-state index in [-0.39, 0.29) is 0 Å². The zero-order valence-corrected chi connectivity index (χ0v) is 9.17. The van der Waals surface area contributed by atoms with Gasteiger partial charge in [-0.1, -0.05) is 0 Å². The van der Waals surface area contributed by atoms with Crippen LogP contribution in [-0.4, -0.2) is 26.2 Å². The Balaban J connectivity index is 2.99. The van der Waals surface area contributed by atoms with Gasteiger partial charge in [0.05, 0.1) is 14.2 Å². The first-order valence-corrected chi connectivity index (χ1v) is 4.99. The molecule has 1 heterocycles. The van der Waals surface area contributed by atoms with Crippen molar-refractivity contribution < 1.29 is 19.1 Å². The molecule has 0 aromatic carbocycles. The summed E-state index contributed by atoms with van der Waals surface area (Å²) in [6, 6.07) is 0.661. The molecule has 1 atom stereocenters. The number of esters is 2. The number of ether oxygens (including phenoxy) is 2. The minimum absolute atomic E-state index is 0.329. The van der Waals surface area contributed by atoms with Crippen LogP contribution in [0, 0.1) is 0 Å². The molecular weight excluding hydrogens is 218 g/mol. The Bertz CT molecular complexity index is 374. The first-order valence-electron chi connectivity index (χ1n) is 4.11. The molecule has 0 saturated carbocycles. The van der Waals surface area contributed by atoms with Crippen molar-refractivity contribution in [2.24, 2.45) is 5.73 Å². The summed E-state index contributed by atoms with van der Waals surface area (Å²) in [6.45, 7) is 0. The maximum absolute atomic E-state index is 11.3. The molecule has 0 bridgehead atoms. The number of methoxy groups -OCH3 is 2. The zero-order chi connectivity index (χ0) is 11.4. The minimum Gasteiger partial charge on any atom is -0.468 e. The summed E-state index contributed by atoms with van der Waals surface area (Å²) >= 11 is 1.18. The Morgan fingerprint density at radius 1 is 1.40 bits per heavy atom.